The van der Waals surface area contributed by atoms with Crippen molar-refractivity contribution < 1.29 is 19.4 Å². The van der Waals surface area contributed by atoms with Crippen LogP contribution in [0.4, 0.5) is 0 Å². The van der Waals surface area contributed by atoms with Gasteiger partial charge in [0.1, 0.15) is 11.5 Å². The highest BCUT2D eigenvalue weighted by molar-refractivity contribution is 6.51. The molecule has 0 spiro atoms. The summed E-state index contributed by atoms with van der Waals surface area (Å²) in [6, 6.07) is 10.3. The lowest BCUT2D eigenvalue weighted by Crippen LogP contribution is -1.99. The van der Waals surface area contributed by atoms with Gasteiger partial charge in [0.15, 0.2) is 5.82 Å². The molecular formula is C20H19ClN2O4. The molecule has 1 heterocycles. The van der Waals surface area contributed by atoms with Crippen molar-refractivity contribution >= 4 is 39.7 Å². The third-order valence-corrected chi connectivity index (χ3v) is 4.47. The Balaban J connectivity index is 2.10. The van der Waals surface area contributed by atoms with E-state index in [1.165, 1.54) is 0 Å². The molecule has 0 saturated carbocycles. The van der Waals surface area contributed by atoms with Crippen LogP contribution in [0.1, 0.15) is 28.7 Å². The zero-order valence-electron chi connectivity index (χ0n) is 15.2. The van der Waals surface area contributed by atoms with E-state index in [2.05, 4.69) is 4.98 Å². The number of ether oxygens (including phenoxy) is 2. The number of aromatic carboxylic acids is 1. The van der Waals surface area contributed by atoms with Gasteiger partial charge in [0.2, 0.25) is 0 Å². The standard InChI is InChI=1S/C20H19ClN2O4/c1-4-23-18-6-5-13(20(24)25)10-17(18)22-19(23)16(21)9-12-7-14(26-2)11-15(8-12)27-3/h5-11H,4H2,1-3H3,(H,24,25). The number of methoxy groups -OCH3 is 2. The lowest BCUT2D eigenvalue weighted by molar-refractivity contribution is 0.0697. The maximum absolute atomic E-state index is 11.2. The molecule has 1 N–H and O–H groups in total. The Bertz CT molecular complexity index is 1020. The lowest BCUT2D eigenvalue weighted by Gasteiger charge is -2.08. The first kappa shape index (κ1) is 18.8. The zero-order chi connectivity index (χ0) is 19.6. The van der Waals surface area contributed by atoms with Gasteiger partial charge in [-0.3, -0.25) is 0 Å². The number of benzene rings is 2. The van der Waals surface area contributed by atoms with Gasteiger partial charge in [-0.05, 0) is 48.9 Å². The average molecular weight is 387 g/mol. The van der Waals surface area contributed by atoms with E-state index in [0.29, 0.717) is 34.4 Å². The predicted molar refractivity (Wildman–Crippen MR) is 106 cm³/mol. The molecule has 27 heavy (non-hydrogen) atoms. The first-order valence-electron chi connectivity index (χ1n) is 8.31. The third kappa shape index (κ3) is 3.75. The maximum atomic E-state index is 11.2. The quantitative estimate of drug-likeness (QED) is 0.674. The van der Waals surface area contributed by atoms with E-state index in [4.69, 9.17) is 21.1 Å². The molecule has 0 radical (unpaired) electrons. The number of carbonyl (C=O) groups is 1. The van der Waals surface area contributed by atoms with Gasteiger partial charge in [-0.25, -0.2) is 9.78 Å². The van der Waals surface area contributed by atoms with Crippen molar-refractivity contribution in [1.82, 2.24) is 9.55 Å². The second-order valence-electron chi connectivity index (χ2n) is 5.83. The van der Waals surface area contributed by atoms with Crippen LogP contribution in [0, 0.1) is 0 Å². The monoisotopic (exact) mass is 386 g/mol. The maximum Gasteiger partial charge on any atom is 0.335 e. The van der Waals surface area contributed by atoms with Crippen LogP contribution in [0.5, 0.6) is 11.5 Å². The zero-order valence-corrected chi connectivity index (χ0v) is 15.9. The van der Waals surface area contributed by atoms with Crippen molar-refractivity contribution in [3.63, 3.8) is 0 Å². The summed E-state index contributed by atoms with van der Waals surface area (Å²) in [7, 11) is 3.17. The summed E-state index contributed by atoms with van der Waals surface area (Å²) >= 11 is 6.57. The smallest absolute Gasteiger partial charge is 0.335 e. The van der Waals surface area contributed by atoms with E-state index in [1.54, 1.807) is 44.6 Å². The molecule has 0 aliphatic carbocycles. The van der Waals surface area contributed by atoms with Gasteiger partial charge < -0.3 is 19.1 Å². The molecule has 1 aromatic heterocycles. The molecule has 0 amide bonds. The number of nitrogens with zero attached hydrogens (tertiary/aromatic N) is 2. The van der Waals surface area contributed by atoms with Gasteiger partial charge >= 0.3 is 5.97 Å². The minimum Gasteiger partial charge on any atom is -0.497 e. The van der Waals surface area contributed by atoms with Gasteiger partial charge in [-0.15, -0.1) is 0 Å². The Hall–Kier alpha value is -2.99. The van der Waals surface area contributed by atoms with Gasteiger partial charge in [-0.2, -0.15) is 0 Å². The Labute approximate surface area is 161 Å². The Morgan fingerprint density at radius 2 is 1.85 bits per heavy atom. The average Bonchev–Trinajstić information content (AvgIpc) is 3.05. The second-order valence-corrected chi connectivity index (χ2v) is 6.23. The first-order valence-corrected chi connectivity index (χ1v) is 8.68. The Morgan fingerprint density at radius 1 is 1.19 bits per heavy atom. The van der Waals surface area contributed by atoms with Gasteiger partial charge in [0.25, 0.3) is 0 Å². The van der Waals surface area contributed by atoms with Crippen molar-refractivity contribution in [2.45, 2.75) is 13.5 Å². The van der Waals surface area contributed by atoms with Crippen LogP contribution in [-0.4, -0.2) is 34.8 Å². The molecule has 7 heteroatoms. The normalized spacial score (nSPS) is 11.6. The molecule has 3 aromatic rings. The number of carboxylic acid groups (broad SMARTS) is 1. The number of hydrogen-bond acceptors (Lipinski definition) is 4. The van der Waals surface area contributed by atoms with Crippen LogP contribution in [-0.2, 0) is 6.54 Å². The predicted octanol–water partition coefficient (Wildman–Crippen LogP) is 4.51. The number of aromatic nitrogens is 2. The largest absolute Gasteiger partial charge is 0.497 e. The minimum atomic E-state index is -0.991. The summed E-state index contributed by atoms with van der Waals surface area (Å²) in [5.41, 5.74) is 2.40. The molecule has 140 valence electrons. The molecule has 3 rings (SSSR count). The molecular weight excluding hydrogens is 368 g/mol. The second kappa shape index (κ2) is 7.72. The van der Waals surface area contributed by atoms with Crippen molar-refractivity contribution in [1.29, 1.82) is 0 Å². The van der Waals surface area contributed by atoms with Crippen LogP contribution in [0.25, 0.3) is 22.1 Å². The summed E-state index contributed by atoms with van der Waals surface area (Å²) in [5.74, 6) is 0.883. The van der Waals surface area contributed by atoms with E-state index in [9.17, 15) is 9.90 Å². The number of carboxylic acids is 1. The van der Waals surface area contributed by atoms with Crippen molar-refractivity contribution in [3.05, 3.63) is 53.3 Å². The van der Waals surface area contributed by atoms with Crippen molar-refractivity contribution in [2.75, 3.05) is 14.2 Å². The molecule has 2 aromatic carbocycles. The molecule has 0 aliphatic heterocycles. The summed E-state index contributed by atoms with van der Waals surface area (Å²) in [4.78, 5) is 15.8. The van der Waals surface area contributed by atoms with Crippen LogP contribution < -0.4 is 9.47 Å². The van der Waals surface area contributed by atoms with Crippen LogP contribution in [0.15, 0.2) is 36.4 Å². The summed E-state index contributed by atoms with van der Waals surface area (Å²) in [5, 5.41) is 9.62. The van der Waals surface area contributed by atoms with Crippen molar-refractivity contribution in [2.24, 2.45) is 0 Å². The Morgan fingerprint density at radius 3 is 2.41 bits per heavy atom. The third-order valence-electron chi connectivity index (χ3n) is 4.19. The molecule has 0 unspecified atom stereocenters. The number of aryl methyl sites for hydroxylation is 1. The molecule has 6 nitrogen and oxygen atoms in total. The fourth-order valence-corrected chi connectivity index (χ4v) is 3.16. The van der Waals surface area contributed by atoms with Crippen molar-refractivity contribution in [3.8, 4) is 11.5 Å². The topological polar surface area (TPSA) is 73.6 Å². The molecule has 0 aliphatic rings. The number of halogens is 1. The summed E-state index contributed by atoms with van der Waals surface area (Å²) in [6.45, 7) is 2.62. The van der Waals surface area contributed by atoms with E-state index in [1.807, 2.05) is 23.6 Å². The molecule has 0 atom stereocenters. The van der Waals surface area contributed by atoms with E-state index >= 15 is 0 Å². The van der Waals surface area contributed by atoms with Crippen LogP contribution in [0.3, 0.4) is 0 Å². The number of hydrogen-bond donors (Lipinski definition) is 1. The number of fused-ring (bicyclic) bond motifs is 1. The highest BCUT2D eigenvalue weighted by atomic mass is 35.5. The van der Waals surface area contributed by atoms with Crippen LogP contribution in [0.2, 0.25) is 0 Å². The van der Waals surface area contributed by atoms with E-state index < -0.39 is 5.97 Å². The highest BCUT2D eigenvalue weighted by Gasteiger charge is 2.15. The molecule has 0 bridgehead atoms. The van der Waals surface area contributed by atoms with E-state index in [0.717, 1.165) is 11.1 Å². The number of rotatable bonds is 6. The van der Waals surface area contributed by atoms with Gasteiger partial charge in [-0.1, -0.05) is 11.6 Å². The summed E-state index contributed by atoms with van der Waals surface area (Å²) in [6.07, 6.45) is 1.78. The number of imidazole rings is 1. The van der Waals surface area contributed by atoms with Crippen LogP contribution >= 0.6 is 11.6 Å². The summed E-state index contributed by atoms with van der Waals surface area (Å²) < 4.78 is 12.5. The molecule has 0 fully saturated rings. The first-order chi connectivity index (χ1) is 13.0. The fourth-order valence-electron chi connectivity index (χ4n) is 2.89. The van der Waals surface area contributed by atoms with Gasteiger partial charge in [0.05, 0.1) is 35.8 Å². The van der Waals surface area contributed by atoms with Gasteiger partial charge in [0, 0.05) is 12.6 Å². The highest BCUT2D eigenvalue weighted by Crippen LogP contribution is 2.29. The minimum absolute atomic E-state index is 0.187. The SMILES string of the molecule is CCn1c(C(Cl)=Cc2cc(OC)cc(OC)c2)nc2cc(C(=O)O)ccc21. The Kier molecular flexibility index (Phi) is 5.37. The molecule has 0 saturated heterocycles. The van der Waals surface area contributed by atoms with E-state index in [-0.39, 0.29) is 5.56 Å². The fraction of sp³-hybridized carbons (Fsp3) is 0.200. The lowest BCUT2D eigenvalue weighted by atomic mass is 10.2.